The third-order valence-electron chi connectivity index (χ3n) is 2.63. The van der Waals surface area contributed by atoms with Gasteiger partial charge in [0.2, 0.25) is 0 Å². The van der Waals surface area contributed by atoms with Crippen LogP contribution in [0.15, 0.2) is 29.1 Å². The fraction of sp³-hybridized carbons (Fsp3) is 0.417. The highest BCUT2D eigenvalue weighted by atomic mass is 16.3. The van der Waals surface area contributed by atoms with Crippen LogP contribution in [0.3, 0.4) is 0 Å². The molecule has 1 N–H and O–H groups in total. The lowest BCUT2D eigenvalue weighted by molar-refractivity contribution is 0.449. The van der Waals surface area contributed by atoms with Crippen molar-refractivity contribution in [2.24, 2.45) is 7.05 Å². The van der Waals surface area contributed by atoms with E-state index in [1.54, 1.807) is 10.9 Å². The van der Waals surface area contributed by atoms with E-state index in [0.29, 0.717) is 0 Å². The lowest BCUT2D eigenvalue weighted by atomic mass is 10.1. The topological polar surface area (TPSA) is 43.0 Å². The number of hydrogen-bond donors (Lipinski definition) is 1. The minimum atomic E-state index is 0.0914. The van der Waals surface area contributed by atoms with Crippen molar-refractivity contribution in [2.75, 3.05) is 6.54 Å². The van der Waals surface area contributed by atoms with Gasteiger partial charge in [-0.1, -0.05) is 6.92 Å². The average Bonchev–Trinajstić information content (AvgIpc) is 2.84. The first-order chi connectivity index (χ1) is 7.72. The zero-order chi connectivity index (χ0) is 11.5. The number of nitrogens with one attached hydrogen (secondary N) is 1. The molecule has 86 valence electrons. The average molecular weight is 219 g/mol. The number of hydrogen-bond acceptors (Lipinski definition) is 3. The zero-order valence-electron chi connectivity index (χ0n) is 9.90. The van der Waals surface area contributed by atoms with Crippen LogP contribution in [0.2, 0.25) is 0 Å². The Bertz CT molecular complexity index is 458. The molecule has 0 fully saturated rings. The Kier molecular flexibility index (Phi) is 3.10. The molecular formula is C12H17N3O. The van der Waals surface area contributed by atoms with Gasteiger partial charge in [0.25, 0.3) is 0 Å². The van der Waals surface area contributed by atoms with Crippen LogP contribution in [0, 0.1) is 6.92 Å². The Labute approximate surface area is 95.3 Å². The molecule has 2 heterocycles. The Morgan fingerprint density at radius 3 is 2.88 bits per heavy atom. The lowest BCUT2D eigenvalue weighted by Gasteiger charge is -2.14. The first-order valence-corrected chi connectivity index (χ1v) is 5.48. The van der Waals surface area contributed by atoms with Crippen LogP contribution in [0.1, 0.15) is 29.9 Å². The largest absolute Gasteiger partial charge is 0.467 e. The maximum Gasteiger partial charge on any atom is 0.128 e. The monoisotopic (exact) mass is 219 g/mol. The van der Waals surface area contributed by atoms with Crippen LogP contribution >= 0.6 is 0 Å². The smallest absolute Gasteiger partial charge is 0.128 e. The fourth-order valence-electron chi connectivity index (χ4n) is 1.84. The van der Waals surface area contributed by atoms with Crippen LogP contribution < -0.4 is 5.32 Å². The molecular weight excluding hydrogens is 202 g/mol. The second kappa shape index (κ2) is 4.53. The van der Waals surface area contributed by atoms with E-state index in [-0.39, 0.29) is 6.04 Å². The molecule has 0 saturated heterocycles. The van der Waals surface area contributed by atoms with Gasteiger partial charge in [-0.3, -0.25) is 4.68 Å². The van der Waals surface area contributed by atoms with E-state index in [1.165, 1.54) is 0 Å². The summed E-state index contributed by atoms with van der Waals surface area (Å²) in [7, 11) is 1.92. The van der Waals surface area contributed by atoms with Gasteiger partial charge in [-0.25, -0.2) is 0 Å². The molecule has 2 aromatic rings. The molecule has 0 aromatic carbocycles. The third-order valence-corrected chi connectivity index (χ3v) is 2.63. The first-order valence-electron chi connectivity index (χ1n) is 5.48. The Balaban J connectivity index is 2.34. The molecule has 0 radical (unpaired) electrons. The molecule has 2 rings (SSSR count). The van der Waals surface area contributed by atoms with E-state index in [1.807, 2.05) is 25.5 Å². The number of nitrogens with zero attached hydrogens (tertiary/aromatic N) is 2. The Morgan fingerprint density at radius 1 is 1.56 bits per heavy atom. The molecule has 1 unspecified atom stereocenters. The van der Waals surface area contributed by atoms with Crippen molar-refractivity contribution in [3.05, 3.63) is 41.6 Å². The summed E-state index contributed by atoms with van der Waals surface area (Å²) in [5.74, 6) is 0.967. The van der Waals surface area contributed by atoms with Crippen molar-refractivity contribution in [3.63, 3.8) is 0 Å². The van der Waals surface area contributed by atoms with Gasteiger partial charge in [-0.15, -0.1) is 0 Å². The molecule has 0 aliphatic carbocycles. The van der Waals surface area contributed by atoms with Gasteiger partial charge in [0.1, 0.15) is 5.76 Å². The lowest BCUT2D eigenvalue weighted by Crippen LogP contribution is -2.21. The summed E-state index contributed by atoms with van der Waals surface area (Å²) in [6.45, 7) is 5.03. The maximum atomic E-state index is 5.54. The van der Waals surface area contributed by atoms with Crippen molar-refractivity contribution in [3.8, 4) is 0 Å². The van der Waals surface area contributed by atoms with Crippen LogP contribution in [-0.2, 0) is 7.05 Å². The van der Waals surface area contributed by atoms with Crippen molar-refractivity contribution in [2.45, 2.75) is 19.9 Å². The number of furan rings is 1. The molecule has 0 spiro atoms. The Morgan fingerprint density at radius 2 is 2.38 bits per heavy atom. The van der Waals surface area contributed by atoms with E-state index in [0.717, 1.165) is 23.4 Å². The van der Waals surface area contributed by atoms with Crippen molar-refractivity contribution in [1.29, 1.82) is 0 Å². The highest BCUT2D eigenvalue weighted by Crippen LogP contribution is 2.24. The van der Waals surface area contributed by atoms with Gasteiger partial charge in [0.15, 0.2) is 0 Å². The van der Waals surface area contributed by atoms with E-state index < -0.39 is 0 Å². The quantitative estimate of drug-likeness (QED) is 0.855. The van der Waals surface area contributed by atoms with Gasteiger partial charge < -0.3 is 9.73 Å². The number of aromatic nitrogens is 2. The predicted molar refractivity (Wildman–Crippen MR) is 62.2 cm³/mol. The van der Waals surface area contributed by atoms with Crippen molar-refractivity contribution in [1.82, 2.24) is 15.1 Å². The SMILES string of the molecule is CCNC(c1cnn(C)c1)c1occc1C. The summed E-state index contributed by atoms with van der Waals surface area (Å²) in [6.07, 6.45) is 5.61. The van der Waals surface area contributed by atoms with Gasteiger partial charge in [0, 0.05) is 18.8 Å². The second-order valence-corrected chi connectivity index (χ2v) is 3.91. The maximum absolute atomic E-state index is 5.54. The second-order valence-electron chi connectivity index (χ2n) is 3.91. The summed E-state index contributed by atoms with van der Waals surface area (Å²) in [4.78, 5) is 0. The van der Waals surface area contributed by atoms with Crippen LogP contribution in [-0.4, -0.2) is 16.3 Å². The van der Waals surface area contributed by atoms with E-state index >= 15 is 0 Å². The Hall–Kier alpha value is -1.55. The third kappa shape index (κ3) is 2.02. The molecule has 4 heteroatoms. The number of rotatable bonds is 4. The summed E-state index contributed by atoms with van der Waals surface area (Å²) >= 11 is 0. The van der Waals surface area contributed by atoms with E-state index in [4.69, 9.17) is 4.42 Å². The predicted octanol–water partition coefficient (Wildman–Crippen LogP) is 2.02. The minimum Gasteiger partial charge on any atom is -0.467 e. The summed E-state index contributed by atoms with van der Waals surface area (Å²) in [6, 6.07) is 2.07. The van der Waals surface area contributed by atoms with Crippen LogP contribution in [0.5, 0.6) is 0 Å². The standard InChI is InChI=1S/C12H17N3O/c1-4-13-11(10-7-14-15(3)8-10)12-9(2)5-6-16-12/h5-8,11,13H,4H2,1-3H3. The first kappa shape index (κ1) is 11.0. The molecule has 16 heavy (non-hydrogen) atoms. The van der Waals surface area contributed by atoms with Crippen molar-refractivity contribution < 1.29 is 4.42 Å². The van der Waals surface area contributed by atoms with Gasteiger partial charge in [-0.05, 0) is 25.1 Å². The van der Waals surface area contributed by atoms with E-state index in [9.17, 15) is 0 Å². The molecule has 0 aliphatic heterocycles. The molecule has 2 aromatic heterocycles. The number of aryl methyl sites for hydroxylation is 2. The van der Waals surface area contributed by atoms with E-state index in [2.05, 4.69) is 24.3 Å². The molecule has 0 saturated carbocycles. The summed E-state index contributed by atoms with van der Waals surface area (Å²) < 4.78 is 7.35. The molecule has 0 aliphatic rings. The molecule has 1 atom stereocenters. The molecule has 0 bridgehead atoms. The van der Waals surface area contributed by atoms with Crippen LogP contribution in [0.4, 0.5) is 0 Å². The highest BCUT2D eigenvalue weighted by molar-refractivity contribution is 5.27. The summed E-state index contributed by atoms with van der Waals surface area (Å²) in [5.41, 5.74) is 2.29. The van der Waals surface area contributed by atoms with Crippen molar-refractivity contribution >= 4 is 0 Å². The van der Waals surface area contributed by atoms with Gasteiger partial charge >= 0.3 is 0 Å². The molecule has 4 nitrogen and oxygen atoms in total. The normalized spacial score (nSPS) is 12.9. The zero-order valence-corrected chi connectivity index (χ0v) is 9.90. The fourth-order valence-corrected chi connectivity index (χ4v) is 1.84. The summed E-state index contributed by atoms with van der Waals surface area (Å²) in [5, 5.41) is 7.60. The van der Waals surface area contributed by atoms with Gasteiger partial charge in [-0.2, -0.15) is 5.10 Å². The minimum absolute atomic E-state index is 0.0914. The van der Waals surface area contributed by atoms with Crippen LogP contribution in [0.25, 0.3) is 0 Å². The molecule has 0 amide bonds. The van der Waals surface area contributed by atoms with Gasteiger partial charge in [0.05, 0.1) is 18.5 Å². The highest BCUT2D eigenvalue weighted by Gasteiger charge is 2.19.